The van der Waals surface area contributed by atoms with E-state index in [1.165, 1.54) is 0 Å². The third kappa shape index (κ3) is 3.19. The molecule has 1 atom stereocenters. The zero-order chi connectivity index (χ0) is 5.70. The molecule has 0 aromatic carbocycles. The summed E-state index contributed by atoms with van der Waals surface area (Å²) in [5.74, 6) is 0. The number of carbonyl (C=O) groups excluding carboxylic acids is 1. The highest BCUT2D eigenvalue weighted by Crippen LogP contribution is 1.80. The molecule has 0 fully saturated rings. The molecule has 40 valence electrons. The lowest BCUT2D eigenvalue weighted by molar-refractivity contribution is -0.108. The minimum Gasteiger partial charge on any atom is -0.321 e. The van der Waals surface area contributed by atoms with E-state index >= 15 is 0 Å². The van der Waals surface area contributed by atoms with Crippen molar-refractivity contribution in [2.24, 2.45) is 5.73 Å². The van der Waals surface area contributed by atoms with Crippen molar-refractivity contribution in [2.45, 2.75) is 12.5 Å². The van der Waals surface area contributed by atoms with Crippen molar-refractivity contribution in [2.75, 3.05) is 0 Å². The average molecular weight is 99.1 g/mol. The second kappa shape index (κ2) is 3.56. The first-order valence-electron chi connectivity index (χ1n) is 2.13. The molecule has 2 heteroatoms. The number of carbonyl (C=O) groups is 1. The molecule has 0 heterocycles. The molecule has 1 unspecified atom stereocenters. The van der Waals surface area contributed by atoms with Crippen molar-refractivity contribution < 1.29 is 4.79 Å². The number of hydrogen-bond acceptors (Lipinski definition) is 2. The van der Waals surface area contributed by atoms with Crippen LogP contribution in [0, 0.1) is 0 Å². The smallest absolute Gasteiger partial charge is 0.136 e. The molecule has 0 aliphatic rings. The van der Waals surface area contributed by atoms with E-state index < -0.39 is 0 Å². The highest BCUT2D eigenvalue weighted by Gasteiger charge is 1.91. The molecule has 0 bridgehead atoms. The van der Waals surface area contributed by atoms with E-state index in [1.807, 2.05) is 0 Å². The van der Waals surface area contributed by atoms with Crippen LogP contribution in [-0.4, -0.2) is 12.3 Å². The molecule has 7 heavy (non-hydrogen) atoms. The fourth-order valence-electron chi connectivity index (χ4n) is 0.248. The van der Waals surface area contributed by atoms with Crippen LogP contribution in [0.1, 0.15) is 6.42 Å². The van der Waals surface area contributed by atoms with Crippen LogP contribution in [0.25, 0.3) is 0 Å². The van der Waals surface area contributed by atoms with Crippen molar-refractivity contribution in [3.05, 3.63) is 12.7 Å². The van der Waals surface area contributed by atoms with Gasteiger partial charge < -0.3 is 10.5 Å². The summed E-state index contributed by atoms with van der Waals surface area (Å²) in [5.41, 5.74) is 5.14. The van der Waals surface area contributed by atoms with Crippen LogP contribution in [0.15, 0.2) is 12.7 Å². The lowest BCUT2D eigenvalue weighted by atomic mass is 10.2. The van der Waals surface area contributed by atoms with Crippen LogP contribution in [-0.2, 0) is 4.79 Å². The maximum atomic E-state index is 9.72. The standard InChI is InChI=1S/C5H9NO/c1-2-3-5(6)4-7/h2,4-5H,1,3,6H2. The van der Waals surface area contributed by atoms with Crippen molar-refractivity contribution >= 4 is 6.29 Å². The largest absolute Gasteiger partial charge is 0.321 e. The first-order valence-corrected chi connectivity index (χ1v) is 2.13. The Hall–Kier alpha value is -0.630. The van der Waals surface area contributed by atoms with Crippen molar-refractivity contribution in [1.82, 2.24) is 0 Å². The van der Waals surface area contributed by atoms with E-state index in [0.717, 1.165) is 0 Å². The van der Waals surface area contributed by atoms with Gasteiger partial charge in [-0.2, -0.15) is 0 Å². The van der Waals surface area contributed by atoms with Gasteiger partial charge in [-0.3, -0.25) is 0 Å². The van der Waals surface area contributed by atoms with E-state index in [4.69, 9.17) is 5.73 Å². The highest BCUT2D eigenvalue weighted by atomic mass is 16.1. The number of nitrogens with two attached hydrogens (primary N) is 1. The first kappa shape index (κ1) is 6.37. The quantitative estimate of drug-likeness (QED) is 0.402. The Labute approximate surface area is 43.0 Å². The van der Waals surface area contributed by atoms with Crippen LogP contribution in [0.3, 0.4) is 0 Å². The molecule has 0 amide bonds. The van der Waals surface area contributed by atoms with E-state index in [9.17, 15) is 4.79 Å². The summed E-state index contributed by atoms with van der Waals surface area (Å²) in [6.07, 6.45) is 2.91. The lowest BCUT2D eigenvalue weighted by Gasteiger charge is -1.92. The van der Waals surface area contributed by atoms with Crippen LogP contribution < -0.4 is 5.73 Å². The zero-order valence-electron chi connectivity index (χ0n) is 4.13. The molecular weight excluding hydrogens is 90.1 g/mol. The first-order chi connectivity index (χ1) is 3.31. The predicted octanol–water partition coefficient (Wildman–Crippen LogP) is 0.0887. The topological polar surface area (TPSA) is 43.1 Å². The summed E-state index contributed by atoms with van der Waals surface area (Å²) in [5, 5.41) is 0. The highest BCUT2D eigenvalue weighted by molar-refractivity contribution is 5.57. The fourth-order valence-corrected chi connectivity index (χ4v) is 0.248. The van der Waals surface area contributed by atoms with Gasteiger partial charge in [0.15, 0.2) is 0 Å². The summed E-state index contributed by atoms with van der Waals surface area (Å²) >= 11 is 0. The van der Waals surface area contributed by atoms with Crippen molar-refractivity contribution in [3.63, 3.8) is 0 Å². The zero-order valence-corrected chi connectivity index (χ0v) is 4.13. The third-order valence-corrected chi connectivity index (χ3v) is 0.614. The minimum atomic E-state index is -0.350. The summed E-state index contributed by atoms with van der Waals surface area (Å²) in [4.78, 5) is 9.72. The fraction of sp³-hybridized carbons (Fsp3) is 0.400. The van der Waals surface area contributed by atoms with Gasteiger partial charge in [0.05, 0.1) is 6.04 Å². The number of rotatable bonds is 3. The second-order valence-corrected chi connectivity index (χ2v) is 1.32. The van der Waals surface area contributed by atoms with E-state index in [2.05, 4.69) is 6.58 Å². The Balaban J connectivity index is 3.15. The van der Waals surface area contributed by atoms with Crippen LogP contribution in [0.4, 0.5) is 0 Å². The predicted molar refractivity (Wildman–Crippen MR) is 28.9 cm³/mol. The van der Waals surface area contributed by atoms with Gasteiger partial charge in [-0.15, -0.1) is 6.58 Å². The Morgan fingerprint density at radius 3 is 2.57 bits per heavy atom. The van der Waals surface area contributed by atoms with E-state index in [-0.39, 0.29) is 6.04 Å². The third-order valence-electron chi connectivity index (χ3n) is 0.614. The Morgan fingerprint density at radius 2 is 2.43 bits per heavy atom. The van der Waals surface area contributed by atoms with Gasteiger partial charge in [0.2, 0.25) is 0 Å². The van der Waals surface area contributed by atoms with Gasteiger partial charge in [-0.1, -0.05) is 6.08 Å². The summed E-state index contributed by atoms with van der Waals surface area (Å²) in [6.45, 7) is 3.41. The van der Waals surface area contributed by atoms with Gasteiger partial charge in [0.1, 0.15) is 6.29 Å². The molecule has 0 aliphatic heterocycles. The Bertz CT molecular complexity index is 70.5. The Morgan fingerprint density at radius 1 is 1.86 bits per heavy atom. The summed E-state index contributed by atoms with van der Waals surface area (Å²) < 4.78 is 0. The van der Waals surface area contributed by atoms with Gasteiger partial charge in [0, 0.05) is 0 Å². The summed E-state index contributed by atoms with van der Waals surface area (Å²) in [7, 11) is 0. The molecular formula is C5H9NO. The SMILES string of the molecule is C=CCC(N)C=O. The average Bonchev–Trinajstić information content (AvgIpc) is 1.68. The lowest BCUT2D eigenvalue weighted by Crippen LogP contribution is -2.19. The Kier molecular flexibility index (Phi) is 3.24. The molecule has 0 aromatic heterocycles. The molecule has 2 N–H and O–H groups in total. The molecule has 0 aliphatic carbocycles. The number of aldehydes is 1. The normalized spacial score (nSPS) is 12.7. The molecule has 0 rings (SSSR count). The molecule has 2 nitrogen and oxygen atoms in total. The van der Waals surface area contributed by atoms with Crippen molar-refractivity contribution in [1.29, 1.82) is 0 Å². The van der Waals surface area contributed by atoms with Crippen LogP contribution >= 0.6 is 0 Å². The summed E-state index contributed by atoms with van der Waals surface area (Å²) in [6, 6.07) is -0.350. The second-order valence-electron chi connectivity index (χ2n) is 1.32. The van der Waals surface area contributed by atoms with Crippen LogP contribution in [0.5, 0.6) is 0 Å². The molecule has 0 aromatic rings. The van der Waals surface area contributed by atoms with E-state index in [0.29, 0.717) is 12.7 Å². The van der Waals surface area contributed by atoms with Gasteiger partial charge in [-0.05, 0) is 6.42 Å². The number of hydrogen-bond donors (Lipinski definition) is 1. The van der Waals surface area contributed by atoms with E-state index in [1.54, 1.807) is 6.08 Å². The monoisotopic (exact) mass is 99.1 g/mol. The van der Waals surface area contributed by atoms with Gasteiger partial charge in [0.25, 0.3) is 0 Å². The molecule has 0 spiro atoms. The molecule has 0 radical (unpaired) electrons. The maximum absolute atomic E-state index is 9.72. The minimum absolute atomic E-state index is 0.350. The van der Waals surface area contributed by atoms with Crippen molar-refractivity contribution in [3.8, 4) is 0 Å². The molecule has 0 saturated carbocycles. The van der Waals surface area contributed by atoms with Gasteiger partial charge >= 0.3 is 0 Å². The van der Waals surface area contributed by atoms with Gasteiger partial charge in [-0.25, -0.2) is 0 Å². The maximum Gasteiger partial charge on any atom is 0.136 e. The van der Waals surface area contributed by atoms with Crippen LogP contribution in [0.2, 0.25) is 0 Å². The molecule has 0 saturated heterocycles.